The lowest BCUT2D eigenvalue weighted by Crippen LogP contribution is -2.27. The molecule has 0 aromatic carbocycles. The Hall–Kier alpha value is -1.95. The van der Waals surface area contributed by atoms with Crippen LogP contribution in [0.5, 0.6) is 0 Å². The number of carbonyl (C=O) groups excluding carboxylic acids is 2. The molecule has 2 N–H and O–H groups in total. The van der Waals surface area contributed by atoms with Crippen LogP contribution in [0.1, 0.15) is 70.6 Å². The van der Waals surface area contributed by atoms with E-state index in [0.29, 0.717) is 19.6 Å². The van der Waals surface area contributed by atoms with Gasteiger partial charge in [0.2, 0.25) is 5.78 Å². The maximum Gasteiger partial charge on any atom is 0.287 e. The van der Waals surface area contributed by atoms with Gasteiger partial charge in [0.05, 0.1) is 6.54 Å². The normalized spacial score (nSPS) is 13.6. The van der Waals surface area contributed by atoms with E-state index in [-0.39, 0.29) is 5.78 Å². The highest BCUT2D eigenvalue weighted by Crippen LogP contribution is 2.08. The molecular weight excluding hydrogens is 354 g/mol. The Balaban J connectivity index is 1.78. The summed E-state index contributed by atoms with van der Waals surface area (Å²) in [4.78, 5) is 26.7. The lowest BCUT2D eigenvalue weighted by molar-refractivity contribution is -0.137. The smallest absolute Gasteiger partial charge is 0.287 e. The average molecular weight is 392 g/mol. The molecule has 0 fully saturated rings. The zero-order valence-electron chi connectivity index (χ0n) is 17.4. The Bertz CT molecular complexity index is 541. The van der Waals surface area contributed by atoms with E-state index in [1.54, 1.807) is 0 Å². The van der Waals surface area contributed by atoms with Gasteiger partial charge in [0.1, 0.15) is 12.4 Å². The number of amidine groups is 1. The number of carbonyl (C=O) groups is 2. The molecule has 1 aliphatic rings. The quantitative estimate of drug-likeness (QED) is 0.225. The summed E-state index contributed by atoms with van der Waals surface area (Å²) < 4.78 is 5.61. The van der Waals surface area contributed by atoms with Gasteiger partial charge in [0, 0.05) is 25.8 Å². The summed E-state index contributed by atoms with van der Waals surface area (Å²) in [6.45, 7) is 5.86. The van der Waals surface area contributed by atoms with Crippen molar-refractivity contribution in [3.8, 4) is 0 Å². The fourth-order valence-corrected chi connectivity index (χ4v) is 2.93. The van der Waals surface area contributed by atoms with Crippen LogP contribution < -0.4 is 10.6 Å². The molecule has 1 aliphatic heterocycles. The third-order valence-corrected chi connectivity index (χ3v) is 4.60. The summed E-state index contributed by atoms with van der Waals surface area (Å²) in [5.74, 6) is 0.112. The maximum absolute atomic E-state index is 11.3. The number of nitrogens with one attached hydrogen (secondary N) is 2. The van der Waals surface area contributed by atoms with Gasteiger partial charge < -0.3 is 15.4 Å². The van der Waals surface area contributed by atoms with Crippen molar-refractivity contribution in [2.45, 2.75) is 70.6 Å². The second kappa shape index (κ2) is 16.0. The molecule has 0 spiro atoms. The number of ether oxygens (including phenoxy) is 1. The Labute approximate surface area is 169 Å². The monoisotopic (exact) mass is 391 g/mol. The van der Waals surface area contributed by atoms with Gasteiger partial charge >= 0.3 is 0 Å². The van der Waals surface area contributed by atoms with Crippen molar-refractivity contribution in [2.24, 2.45) is 4.99 Å². The van der Waals surface area contributed by atoms with Crippen LogP contribution >= 0.6 is 0 Å². The molecule has 6 heteroatoms. The third-order valence-electron chi connectivity index (χ3n) is 4.60. The Morgan fingerprint density at radius 1 is 1.07 bits per heavy atom. The molecule has 0 unspecified atom stereocenters. The molecule has 0 radical (unpaired) electrons. The van der Waals surface area contributed by atoms with Crippen molar-refractivity contribution in [3.05, 3.63) is 24.4 Å². The minimum atomic E-state index is -0.477. The molecule has 0 saturated heterocycles. The average Bonchev–Trinajstić information content (AvgIpc) is 3.11. The third kappa shape index (κ3) is 12.4. The predicted octanol–water partition coefficient (Wildman–Crippen LogP) is 3.68. The maximum atomic E-state index is 11.3. The van der Waals surface area contributed by atoms with E-state index in [1.165, 1.54) is 32.7 Å². The number of unbranched alkanes of at least 4 members (excludes halogenated alkanes) is 8. The van der Waals surface area contributed by atoms with Crippen LogP contribution in [-0.4, -0.2) is 44.3 Å². The number of hydrogen-bond donors (Lipinski definition) is 2. The molecule has 6 nitrogen and oxygen atoms in total. The molecule has 1 heterocycles. The van der Waals surface area contributed by atoms with Gasteiger partial charge in [-0.25, -0.2) is 0 Å². The largest absolute Gasteiger partial charge is 0.374 e. The number of hydrogen-bond acceptors (Lipinski definition) is 5. The van der Waals surface area contributed by atoms with Crippen LogP contribution in [0.25, 0.3) is 0 Å². The van der Waals surface area contributed by atoms with Gasteiger partial charge in [-0.05, 0) is 38.5 Å². The van der Waals surface area contributed by atoms with Gasteiger partial charge in [0.25, 0.3) is 5.91 Å². The minimum Gasteiger partial charge on any atom is -0.374 e. The minimum absolute atomic E-state index is 0.309. The number of allylic oxidation sites excluding steroid dienone is 2. The molecule has 0 atom stereocenters. The number of ketones is 1. The standard InChI is InChI=1S/C22H37N3O3/c1-19-17-24-21(25-19)18-28-16-14-12-10-8-6-4-3-5-7-9-11-13-15-20(26)22(27)23-2/h3,5H,1,4,6-18H2,2H3,(H,23,27)(H,24,25)/b5-3-. The molecular formula is C22H37N3O3. The van der Waals surface area contributed by atoms with Crippen molar-refractivity contribution in [2.75, 3.05) is 26.8 Å². The Morgan fingerprint density at radius 3 is 2.36 bits per heavy atom. The molecule has 0 aliphatic carbocycles. The highest BCUT2D eigenvalue weighted by Gasteiger charge is 2.09. The molecule has 0 saturated carbocycles. The molecule has 1 rings (SSSR count). The summed E-state index contributed by atoms with van der Waals surface area (Å²) in [5, 5.41) is 5.47. The number of nitrogens with zero attached hydrogens (tertiary/aromatic N) is 1. The molecule has 158 valence electrons. The first-order chi connectivity index (χ1) is 13.6. The molecule has 0 aromatic heterocycles. The topological polar surface area (TPSA) is 79.8 Å². The predicted molar refractivity (Wildman–Crippen MR) is 114 cm³/mol. The lowest BCUT2D eigenvalue weighted by atomic mass is 10.1. The summed E-state index contributed by atoms with van der Waals surface area (Å²) in [5.41, 5.74) is 0.946. The van der Waals surface area contributed by atoms with Crippen molar-refractivity contribution in [1.82, 2.24) is 10.6 Å². The van der Waals surface area contributed by atoms with Crippen LogP contribution in [0.2, 0.25) is 0 Å². The van der Waals surface area contributed by atoms with Crippen molar-refractivity contribution < 1.29 is 14.3 Å². The Morgan fingerprint density at radius 2 is 1.71 bits per heavy atom. The van der Waals surface area contributed by atoms with Gasteiger partial charge in [0.15, 0.2) is 0 Å². The van der Waals surface area contributed by atoms with E-state index < -0.39 is 5.91 Å². The van der Waals surface area contributed by atoms with Gasteiger partial charge in [-0.2, -0.15) is 0 Å². The SMILES string of the molecule is C=C1CN=C(COCCCCCCC/C=C\CCCCCC(=O)C(=O)NC)N1. The molecule has 28 heavy (non-hydrogen) atoms. The van der Waals surface area contributed by atoms with E-state index >= 15 is 0 Å². The van der Waals surface area contributed by atoms with Gasteiger partial charge in [-0.1, -0.05) is 44.4 Å². The van der Waals surface area contributed by atoms with E-state index in [2.05, 4.69) is 34.4 Å². The van der Waals surface area contributed by atoms with E-state index in [0.717, 1.165) is 56.7 Å². The van der Waals surface area contributed by atoms with Crippen LogP contribution in [0, 0.1) is 0 Å². The highest BCUT2D eigenvalue weighted by atomic mass is 16.5. The fourth-order valence-electron chi connectivity index (χ4n) is 2.93. The van der Waals surface area contributed by atoms with Crippen molar-refractivity contribution >= 4 is 17.5 Å². The first kappa shape index (κ1) is 24.1. The zero-order chi connectivity index (χ0) is 20.5. The summed E-state index contributed by atoms with van der Waals surface area (Å²) in [6.07, 6.45) is 16.0. The number of aliphatic imine (C=N–C) groups is 1. The molecule has 0 bridgehead atoms. The first-order valence-corrected chi connectivity index (χ1v) is 10.6. The molecule has 0 aromatic rings. The molecule has 1 amide bonds. The number of amides is 1. The fraction of sp³-hybridized carbons (Fsp3) is 0.682. The van der Waals surface area contributed by atoms with Gasteiger partial charge in [-0.15, -0.1) is 0 Å². The highest BCUT2D eigenvalue weighted by molar-refractivity contribution is 6.36. The first-order valence-electron chi connectivity index (χ1n) is 10.6. The summed E-state index contributed by atoms with van der Waals surface area (Å²) >= 11 is 0. The van der Waals surface area contributed by atoms with Crippen LogP contribution in [0.15, 0.2) is 29.4 Å². The lowest BCUT2D eigenvalue weighted by Gasteiger charge is -2.05. The zero-order valence-corrected chi connectivity index (χ0v) is 17.4. The number of rotatable bonds is 17. The van der Waals surface area contributed by atoms with Crippen LogP contribution in [-0.2, 0) is 14.3 Å². The number of Topliss-reactive ketones (excluding diaryl/α,β-unsaturated/α-hetero) is 1. The second-order valence-electron chi connectivity index (χ2n) is 7.17. The second-order valence-corrected chi connectivity index (χ2v) is 7.17. The van der Waals surface area contributed by atoms with Crippen LogP contribution in [0.4, 0.5) is 0 Å². The van der Waals surface area contributed by atoms with Crippen molar-refractivity contribution in [1.29, 1.82) is 0 Å². The van der Waals surface area contributed by atoms with E-state index in [4.69, 9.17) is 4.74 Å². The van der Waals surface area contributed by atoms with Crippen molar-refractivity contribution in [3.63, 3.8) is 0 Å². The van der Waals surface area contributed by atoms with Crippen LogP contribution in [0.3, 0.4) is 0 Å². The van der Waals surface area contributed by atoms with E-state index in [9.17, 15) is 9.59 Å². The van der Waals surface area contributed by atoms with E-state index in [1.807, 2.05) is 0 Å². The number of likely N-dealkylation sites (N-methyl/N-ethyl adjacent to an activating group) is 1. The summed E-state index contributed by atoms with van der Waals surface area (Å²) in [6, 6.07) is 0. The van der Waals surface area contributed by atoms with Gasteiger partial charge in [-0.3, -0.25) is 14.6 Å². The Kier molecular flexibility index (Phi) is 13.8. The summed E-state index contributed by atoms with van der Waals surface area (Å²) in [7, 11) is 1.49.